The summed E-state index contributed by atoms with van der Waals surface area (Å²) in [6.45, 7) is 4.78. The molecule has 0 unspecified atom stereocenters. The van der Waals surface area contributed by atoms with Crippen molar-refractivity contribution in [3.63, 3.8) is 0 Å². The minimum atomic E-state index is -0.294. The van der Waals surface area contributed by atoms with E-state index in [1.807, 2.05) is 6.07 Å². The fourth-order valence-corrected chi connectivity index (χ4v) is 12.6. The second-order valence-electron chi connectivity index (χ2n) is 20.8. The zero-order valence-corrected chi connectivity index (χ0v) is 42.2. The number of benzene rings is 13. The van der Waals surface area contributed by atoms with E-state index in [0.717, 1.165) is 72.8 Å². The molecule has 1 aliphatic carbocycles. The summed E-state index contributed by atoms with van der Waals surface area (Å²) in [6.07, 6.45) is 0. The lowest BCUT2D eigenvalue weighted by atomic mass is 9.81. The number of hydrogen-bond donors (Lipinski definition) is 0. The summed E-state index contributed by atoms with van der Waals surface area (Å²) in [4.78, 5) is 4.82. The van der Waals surface area contributed by atoms with E-state index in [0.29, 0.717) is 0 Å². The predicted molar refractivity (Wildman–Crippen MR) is 322 cm³/mol. The van der Waals surface area contributed by atoms with Crippen molar-refractivity contribution in [2.45, 2.75) is 19.3 Å². The summed E-state index contributed by atoms with van der Waals surface area (Å²) in [7, 11) is 0. The number of para-hydroxylation sites is 4. The summed E-state index contributed by atoms with van der Waals surface area (Å²) < 4.78 is 6.57. The van der Waals surface area contributed by atoms with E-state index in [9.17, 15) is 0 Å². The monoisotopic (exact) mass is 970 g/mol. The van der Waals surface area contributed by atoms with Crippen molar-refractivity contribution >= 4 is 99.2 Å². The van der Waals surface area contributed by atoms with Crippen LogP contribution < -0.4 is 9.80 Å². The molecule has 0 saturated carbocycles. The Morgan fingerprint density at radius 1 is 0.276 bits per heavy atom. The van der Waals surface area contributed by atoms with E-state index >= 15 is 0 Å². The number of furan rings is 1. The van der Waals surface area contributed by atoms with Gasteiger partial charge in [0.1, 0.15) is 11.2 Å². The first-order valence-electron chi connectivity index (χ1n) is 26.3. The average molecular weight is 971 g/mol. The summed E-state index contributed by atoms with van der Waals surface area (Å²) in [5, 5.41) is 12.2. The standard InChI is InChI=1S/C73H50N2O/c1-73(2)68-44-48(55-29-17-30-66-65-28-15-16-31-71(65)76-72(55)66)34-39-62(68)63-41-38-53(46-69(63)73)75(52-37-40-61-59-25-10-9-23-57(59)58-24-11-12-26-60(58)67(61)45-52)70-43-42-54(56-22-13-14-27-64(56)70)47-32-35-51(36-33-47)74(49-18-5-3-6-19-49)50-20-7-4-8-21-50/h3-46H,1-2H3. The summed E-state index contributed by atoms with van der Waals surface area (Å²) >= 11 is 0. The average Bonchev–Trinajstić information content (AvgIpc) is 4.06. The summed E-state index contributed by atoms with van der Waals surface area (Å²) in [5.41, 5.74) is 18.0. The van der Waals surface area contributed by atoms with E-state index in [1.54, 1.807) is 0 Å². The molecule has 15 rings (SSSR count). The first-order valence-corrected chi connectivity index (χ1v) is 26.3. The molecule has 76 heavy (non-hydrogen) atoms. The molecule has 0 saturated heterocycles. The van der Waals surface area contributed by atoms with Gasteiger partial charge in [0.2, 0.25) is 0 Å². The maximum atomic E-state index is 6.57. The molecular formula is C73H50N2O. The highest BCUT2D eigenvalue weighted by Crippen LogP contribution is 2.53. The van der Waals surface area contributed by atoms with Gasteiger partial charge in [0, 0.05) is 55.6 Å². The molecule has 0 radical (unpaired) electrons. The van der Waals surface area contributed by atoms with Gasteiger partial charge in [-0.1, -0.05) is 202 Å². The number of nitrogens with zero attached hydrogens (tertiary/aromatic N) is 2. The summed E-state index contributed by atoms with van der Waals surface area (Å²) in [6, 6.07) is 97.7. The van der Waals surface area contributed by atoms with Crippen molar-refractivity contribution in [2.75, 3.05) is 9.80 Å². The van der Waals surface area contributed by atoms with E-state index in [2.05, 4.69) is 285 Å². The number of fused-ring (bicyclic) bond motifs is 13. The van der Waals surface area contributed by atoms with Crippen LogP contribution in [0.1, 0.15) is 25.0 Å². The van der Waals surface area contributed by atoms with Crippen molar-refractivity contribution in [1.82, 2.24) is 0 Å². The van der Waals surface area contributed by atoms with Gasteiger partial charge in [0.05, 0.1) is 5.69 Å². The van der Waals surface area contributed by atoms with Crippen LogP contribution in [0.3, 0.4) is 0 Å². The van der Waals surface area contributed by atoms with Crippen molar-refractivity contribution in [3.8, 4) is 33.4 Å². The molecule has 3 heteroatoms. The molecule has 1 aliphatic rings. The molecular weight excluding hydrogens is 921 g/mol. The Morgan fingerprint density at radius 3 is 1.43 bits per heavy atom. The maximum absolute atomic E-state index is 6.57. The van der Waals surface area contributed by atoms with Gasteiger partial charge < -0.3 is 14.2 Å². The van der Waals surface area contributed by atoms with Crippen molar-refractivity contribution in [1.29, 1.82) is 0 Å². The highest BCUT2D eigenvalue weighted by molar-refractivity contribution is 6.26. The first-order chi connectivity index (χ1) is 37.5. The van der Waals surface area contributed by atoms with Gasteiger partial charge in [-0.25, -0.2) is 0 Å². The van der Waals surface area contributed by atoms with Gasteiger partial charge in [0.25, 0.3) is 0 Å². The predicted octanol–water partition coefficient (Wildman–Crippen LogP) is 20.8. The van der Waals surface area contributed by atoms with Crippen LogP contribution in [-0.4, -0.2) is 0 Å². The highest BCUT2D eigenvalue weighted by Gasteiger charge is 2.37. The lowest BCUT2D eigenvalue weighted by Gasteiger charge is -2.30. The van der Waals surface area contributed by atoms with Gasteiger partial charge in [-0.3, -0.25) is 0 Å². The molecule has 0 N–H and O–H groups in total. The summed E-state index contributed by atoms with van der Waals surface area (Å²) in [5.74, 6) is 0. The Kier molecular flexibility index (Phi) is 9.92. The highest BCUT2D eigenvalue weighted by atomic mass is 16.3. The van der Waals surface area contributed by atoms with Gasteiger partial charge in [-0.15, -0.1) is 0 Å². The van der Waals surface area contributed by atoms with E-state index in [4.69, 9.17) is 4.42 Å². The lowest BCUT2D eigenvalue weighted by Crippen LogP contribution is -2.17. The largest absolute Gasteiger partial charge is 0.455 e. The van der Waals surface area contributed by atoms with Crippen molar-refractivity contribution in [2.24, 2.45) is 0 Å². The molecule has 0 bridgehead atoms. The molecule has 0 aliphatic heterocycles. The Bertz CT molecular complexity index is 4530. The van der Waals surface area contributed by atoms with E-state index in [1.165, 1.54) is 70.9 Å². The third-order valence-corrected chi connectivity index (χ3v) is 16.2. The van der Waals surface area contributed by atoms with Gasteiger partial charge in [-0.05, 0) is 156 Å². The smallest absolute Gasteiger partial charge is 0.143 e. The maximum Gasteiger partial charge on any atom is 0.143 e. The second-order valence-corrected chi connectivity index (χ2v) is 20.8. The van der Waals surface area contributed by atoms with Crippen LogP contribution in [0.25, 0.3) is 98.4 Å². The fraction of sp³-hybridized carbons (Fsp3) is 0.0411. The Morgan fingerprint density at radius 2 is 0.750 bits per heavy atom. The van der Waals surface area contributed by atoms with Gasteiger partial charge >= 0.3 is 0 Å². The normalized spacial score (nSPS) is 12.7. The molecule has 14 aromatic rings. The molecule has 358 valence electrons. The molecule has 13 aromatic carbocycles. The third kappa shape index (κ3) is 6.82. The molecule has 0 amide bonds. The second kappa shape index (κ2) is 17.2. The molecule has 3 nitrogen and oxygen atoms in total. The minimum absolute atomic E-state index is 0.294. The topological polar surface area (TPSA) is 19.6 Å². The number of anilines is 6. The SMILES string of the molecule is CC1(C)c2cc(-c3cccc4c3oc3ccccc34)ccc2-c2ccc(N(c3ccc4c5ccccc5c5ccccc5c4c3)c3ccc(-c4ccc(N(c5ccccc5)c5ccccc5)cc4)c4ccccc34)cc21. The molecule has 1 heterocycles. The quantitative estimate of drug-likeness (QED) is 0.142. The van der Waals surface area contributed by atoms with Crippen molar-refractivity contribution in [3.05, 3.63) is 278 Å². The number of rotatable bonds is 8. The zero-order valence-electron chi connectivity index (χ0n) is 42.2. The van der Waals surface area contributed by atoms with Gasteiger partial charge in [-0.2, -0.15) is 0 Å². The van der Waals surface area contributed by atoms with Gasteiger partial charge in [0.15, 0.2) is 0 Å². The molecule has 0 atom stereocenters. The van der Waals surface area contributed by atoms with Crippen molar-refractivity contribution < 1.29 is 4.42 Å². The zero-order chi connectivity index (χ0) is 50.5. The minimum Gasteiger partial charge on any atom is -0.455 e. The molecule has 0 spiro atoms. The fourth-order valence-electron chi connectivity index (χ4n) is 12.6. The van der Waals surface area contributed by atoms with Crippen LogP contribution >= 0.6 is 0 Å². The van der Waals surface area contributed by atoms with E-state index < -0.39 is 0 Å². The van der Waals surface area contributed by atoms with Crippen LogP contribution in [0.4, 0.5) is 34.1 Å². The van der Waals surface area contributed by atoms with E-state index in [-0.39, 0.29) is 5.41 Å². The van der Waals surface area contributed by atoms with Crippen LogP contribution in [0.2, 0.25) is 0 Å². The molecule has 0 fully saturated rings. The Hall–Kier alpha value is -9.70. The van der Waals surface area contributed by atoms with Crippen LogP contribution in [-0.2, 0) is 5.41 Å². The number of hydrogen-bond acceptors (Lipinski definition) is 3. The third-order valence-electron chi connectivity index (χ3n) is 16.2. The Labute approximate surface area is 441 Å². The molecule has 1 aromatic heterocycles. The van der Waals surface area contributed by atoms with Crippen LogP contribution in [0, 0.1) is 0 Å². The Balaban J connectivity index is 0.888. The lowest BCUT2D eigenvalue weighted by molar-refractivity contribution is 0.660. The van der Waals surface area contributed by atoms with Crippen LogP contribution in [0.5, 0.6) is 0 Å². The van der Waals surface area contributed by atoms with Crippen LogP contribution in [0.15, 0.2) is 271 Å². The first kappa shape index (κ1) is 43.8.